The maximum absolute atomic E-state index is 10.7. The molecule has 0 aliphatic rings. The minimum atomic E-state index is -0.626. The van der Waals surface area contributed by atoms with E-state index < -0.39 is 4.92 Å². The largest absolute Gasteiger partial charge is 0.490 e. The molecule has 0 radical (unpaired) electrons. The molecule has 0 aliphatic carbocycles. The number of hydrogen-bond acceptors (Lipinski definition) is 5. The standard InChI is InChI=1S/C10H10BrNO5/c1-16-2-3-17-10-5-9(12(14)15)7(6-13)4-8(10)11/h4-6H,2-3H2,1H3. The van der Waals surface area contributed by atoms with E-state index in [0.717, 1.165) is 0 Å². The Labute approximate surface area is 106 Å². The monoisotopic (exact) mass is 303 g/mol. The summed E-state index contributed by atoms with van der Waals surface area (Å²) in [7, 11) is 1.52. The smallest absolute Gasteiger partial charge is 0.283 e. The molecule has 6 nitrogen and oxygen atoms in total. The molecule has 0 amide bonds. The number of methoxy groups -OCH3 is 1. The number of nitro groups is 1. The third-order valence-corrected chi connectivity index (χ3v) is 2.57. The maximum Gasteiger partial charge on any atom is 0.283 e. The fourth-order valence-electron chi connectivity index (χ4n) is 1.16. The molecule has 0 saturated carbocycles. The van der Waals surface area contributed by atoms with Crippen LogP contribution in [-0.4, -0.2) is 31.5 Å². The molecule has 0 unspecified atom stereocenters. The first-order valence-electron chi connectivity index (χ1n) is 4.65. The molecular formula is C10H10BrNO5. The highest BCUT2D eigenvalue weighted by atomic mass is 79.9. The summed E-state index contributed by atoms with van der Waals surface area (Å²) < 4.78 is 10.6. The summed E-state index contributed by atoms with van der Waals surface area (Å²) in [6.07, 6.45) is 0.432. The van der Waals surface area contributed by atoms with Gasteiger partial charge < -0.3 is 9.47 Å². The van der Waals surface area contributed by atoms with Gasteiger partial charge in [-0.15, -0.1) is 0 Å². The highest BCUT2D eigenvalue weighted by Gasteiger charge is 2.17. The molecule has 0 saturated heterocycles. The van der Waals surface area contributed by atoms with Crippen molar-refractivity contribution >= 4 is 27.9 Å². The number of carbonyl (C=O) groups is 1. The SMILES string of the molecule is COCCOc1cc([N+](=O)[O-])c(C=O)cc1Br. The topological polar surface area (TPSA) is 78.7 Å². The Bertz CT molecular complexity index is 435. The van der Waals surface area contributed by atoms with Crippen LogP contribution in [0.1, 0.15) is 10.4 Å². The minimum absolute atomic E-state index is 0.000895. The van der Waals surface area contributed by atoms with Crippen LogP contribution in [0.4, 0.5) is 5.69 Å². The Morgan fingerprint density at radius 3 is 2.71 bits per heavy atom. The highest BCUT2D eigenvalue weighted by molar-refractivity contribution is 9.10. The van der Waals surface area contributed by atoms with Crippen molar-refractivity contribution in [2.75, 3.05) is 20.3 Å². The molecule has 92 valence electrons. The second kappa shape index (κ2) is 6.31. The number of nitro benzene ring substituents is 1. The van der Waals surface area contributed by atoms with Crippen LogP contribution in [0.15, 0.2) is 16.6 Å². The van der Waals surface area contributed by atoms with Gasteiger partial charge in [-0.1, -0.05) is 0 Å². The second-order valence-corrected chi connectivity index (χ2v) is 3.91. The normalized spacial score (nSPS) is 10.0. The van der Waals surface area contributed by atoms with Gasteiger partial charge in [-0.2, -0.15) is 0 Å². The lowest BCUT2D eigenvalue weighted by Gasteiger charge is -2.08. The lowest BCUT2D eigenvalue weighted by atomic mass is 10.2. The van der Waals surface area contributed by atoms with Crippen LogP contribution in [0.5, 0.6) is 5.75 Å². The van der Waals surface area contributed by atoms with Crippen molar-refractivity contribution in [2.45, 2.75) is 0 Å². The van der Waals surface area contributed by atoms with Gasteiger partial charge >= 0.3 is 0 Å². The molecule has 7 heteroatoms. The summed E-state index contributed by atoms with van der Waals surface area (Å²) in [4.78, 5) is 20.8. The van der Waals surface area contributed by atoms with Gasteiger partial charge in [-0.05, 0) is 22.0 Å². The fraction of sp³-hybridized carbons (Fsp3) is 0.300. The van der Waals surface area contributed by atoms with E-state index in [1.807, 2.05) is 0 Å². The summed E-state index contributed by atoms with van der Waals surface area (Å²) in [5.41, 5.74) is -0.281. The summed E-state index contributed by atoms with van der Waals surface area (Å²) in [6, 6.07) is 2.57. The van der Waals surface area contributed by atoms with Crippen molar-refractivity contribution in [3.63, 3.8) is 0 Å². The average Bonchev–Trinajstić information content (AvgIpc) is 2.30. The number of nitrogens with zero attached hydrogens (tertiary/aromatic N) is 1. The van der Waals surface area contributed by atoms with Gasteiger partial charge in [0.15, 0.2) is 6.29 Å². The zero-order valence-electron chi connectivity index (χ0n) is 9.01. The predicted molar refractivity (Wildman–Crippen MR) is 63.6 cm³/mol. The first-order valence-corrected chi connectivity index (χ1v) is 5.44. The van der Waals surface area contributed by atoms with Crippen LogP contribution in [0.25, 0.3) is 0 Å². The van der Waals surface area contributed by atoms with Crippen molar-refractivity contribution in [1.82, 2.24) is 0 Å². The van der Waals surface area contributed by atoms with Crippen LogP contribution in [0.3, 0.4) is 0 Å². The molecule has 1 aromatic carbocycles. The zero-order chi connectivity index (χ0) is 12.8. The molecule has 17 heavy (non-hydrogen) atoms. The fourth-order valence-corrected chi connectivity index (χ4v) is 1.63. The van der Waals surface area contributed by atoms with E-state index in [1.165, 1.54) is 19.2 Å². The first kappa shape index (κ1) is 13.6. The van der Waals surface area contributed by atoms with Gasteiger partial charge in [0.25, 0.3) is 5.69 Å². The number of halogens is 1. The van der Waals surface area contributed by atoms with Crippen LogP contribution in [-0.2, 0) is 4.74 Å². The third-order valence-electron chi connectivity index (χ3n) is 1.95. The Kier molecular flexibility index (Phi) is 5.05. The van der Waals surface area contributed by atoms with Crippen LogP contribution in [0.2, 0.25) is 0 Å². The molecular weight excluding hydrogens is 294 g/mol. The van der Waals surface area contributed by atoms with Crippen LogP contribution < -0.4 is 4.74 Å². The maximum atomic E-state index is 10.7. The van der Waals surface area contributed by atoms with Crippen molar-refractivity contribution < 1.29 is 19.2 Å². The molecule has 0 N–H and O–H groups in total. The van der Waals surface area contributed by atoms with Crippen molar-refractivity contribution in [3.8, 4) is 5.75 Å². The molecule has 0 atom stereocenters. The molecule has 0 fully saturated rings. The van der Waals surface area contributed by atoms with E-state index in [4.69, 9.17) is 9.47 Å². The van der Waals surface area contributed by atoms with Gasteiger partial charge in [-0.25, -0.2) is 0 Å². The molecule has 0 spiro atoms. The second-order valence-electron chi connectivity index (χ2n) is 3.06. The van der Waals surface area contributed by atoms with E-state index in [-0.39, 0.29) is 17.9 Å². The Morgan fingerprint density at radius 2 is 2.18 bits per heavy atom. The zero-order valence-corrected chi connectivity index (χ0v) is 10.6. The Morgan fingerprint density at radius 1 is 1.47 bits per heavy atom. The Balaban J connectivity index is 3.02. The highest BCUT2D eigenvalue weighted by Crippen LogP contribution is 2.32. The summed E-state index contributed by atoms with van der Waals surface area (Å²) in [5, 5.41) is 10.7. The Hall–Kier alpha value is -1.47. The molecule has 0 aromatic heterocycles. The first-order chi connectivity index (χ1) is 8.10. The number of aldehydes is 1. The van der Waals surface area contributed by atoms with Crippen LogP contribution >= 0.6 is 15.9 Å². The quantitative estimate of drug-likeness (QED) is 0.348. The van der Waals surface area contributed by atoms with Crippen molar-refractivity contribution in [2.24, 2.45) is 0 Å². The van der Waals surface area contributed by atoms with E-state index in [2.05, 4.69) is 15.9 Å². The molecule has 0 bridgehead atoms. The third kappa shape index (κ3) is 3.50. The minimum Gasteiger partial charge on any atom is -0.490 e. The number of ether oxygens (including phenoxy) is 2. The number of rotatable bonds is 6. The van der Waals surface area contributed by atoms with Crippen molar-refractivity contribution in [3.05, 3.63) is 32.3 Å². The number of hydrogen-bond donors (Lipinski definition) is 0. The van der Waals surface area contributed by atoms with E-state index in [1.54, 1.807) is 0 Å². The van der Waals surface area contributed by atoms with Crippen molar-refractivity contribution in [1.29, 1.82) is 0 Å². The van der Waals surface area contributed by atoms with Gasteiger partial charge in [0, 0.05) is 7.11 Å². The lowest BCUT2D eigenvalue weighted by Crippen LogP contribution is -2.05. The number of carbonyl (C=O) groups excluding carboxylic acids is 1. The molecule has 0 aliphatic heterocycles. The van der Waals surface area contributed by atoms with E-state index >= 15 is 0 Å². The molecule has 1 aromatic rings. The van der Waals surface area contributed by atoms with Gasteiger partial charge in [0.1, 0.15) is 12.4 Å². The molecule has 0 heterocycles. The van der Waals surface area contributed by atoms with Gasteiger partial charge in [-0.3, -0.25) is 14.9 Å². The molecule has 1 rings (SSSR count). The predicted octanol–water partition coefficient (Wildman–Crippen LogP) is 2.20. The summed E-state index contributed by atoms with van der Waals surface area (Å²) in [5.74, 6) is 0.305. The van der Waals surface area contributed by atoms with Gasteiger partial charge in [0.2, 0.25) is 0 Å². The summed E-state index contributed by atoms with van der Waals surface area (Å²) >= 11 is 3.18. The van der Waals surface area contributed by atoms with E-state index in [0.29, 0.717) is 23.1 Å². The lowest BCUT2D eigenvalue weighted by molar-refractivity contribution is -0.385. The van der Waals surface area contributed by atoms with Gasteiger partial charge in [0.05, 0.1) is 27.6 Å². The number of benzene rings is 1. The van der Waals surface area contributed by atoms with Crippen LogP contribution in [0, 0.1) is 10.1 Å². The van der Waals surface area contributed by atoms with E-state index in [9.17, 15) is 14.9 Å². The summed E-state index contributed by atoms with van der Waals surface area (Å²) in [6.45, 7) is 0.641. The average molecular weight is 304 g/mol.